The third-order valence-corrected chi connectivity index (χ3v) is 5.25. The second-order valence-electron chi connectivity index (χ2n) is 6.60. The number of halogens is 2. The molecule has 2 fully saturated rings. The first kappa shape index (κ1) is 23.5. The zero-order chi connectivity index (χ0) is 13.9. The van der Waals surface area contributed by atoms with Crippen LogP contribution in [0.2, 0.25) is 0 Å². The van der Waals surface area contributed by atoms with Crippen molar-refractivity contribution in [3.63, 3.8) is 0 Å². The topological polar surface area (TPSA) is 0 Å². The molecule has 4 aliphatic rings. The Balaban J connectivity index is 0.000000372. The molecule has 0 bridgehead atoms. The molecule has 2 saturated carbocycles. The molecule has 0 aromatic rings. The Hall–Kier alpha value is 0.543. The average molecular weight is 517 g/mol. The Morgan fingerprint density at radius 3 is 1.52 bits per heavy atom. The number of fused-ring (bicyclic) bond motifs is 2. The van der Waals surface area contributed by atoms with Crippen LogP contribution in [0.5, 0.6) is 0 Å². The smallest absolute Gasteiger partial charge is 1.00 e. The molecule has 0 amide bonds. The van der Waals surface area contributed by atoms with E-state index in [2.05, 4.69) is 63.1 Å². The zero-order valence-electron chi connectivity index (χ0n) is 14.0. The van der Waals surface area contributed by atoms with Crippen molar-refractivity contribution in [3.05, 3.63) is 60.4 Å². The zero-order valence-corrected chi connectivity index (χ0v) is 19.6. The van der Waals surface area contributed by atoms with E-state index in [9.17, 15) is 0 Å². The van der Waals surface area contributed by atoms with Gasteiger partial charge >= 0.3 is 26.2 Å². The van der Waals surface area contributed by atoms with Crippen LogP contribution in [0.4, 0.5) is 0 Å². The number of rotatable bonds is 0. The molecule has 0 aromatic carbocycles. The molecule has 124 valence electrons. The van der Waals surface area contributed by atoms with Gasteiger partial charge in [0.1, 0.15) is 0 Å². The van der Waals surface area contributed by atoms with Crippen molar-refractivity contribution in [2.75, 3.05) is 0 Å². The first-order valence-electron chi connectivity index (χ1n) is 8.19. The molecule has 0 heterocycles. The Bertz CT molecular complexity index is 432. The fraction of sp³-hybridized carbons (Fsp3) is 0.500. The minimum absolute atomic E-state index is 0. The van der Waals surface area contributed by atoms with Crippen LogP contribution in [0.1, 0.15) is 39.5 Å². The van der Waals surface area contributed by atoms with Crippen molar-refractivity contribution in [1.29, 1.82) is 0 Å². The molecule has 4 unspecified atom stereocenters. The molecule has 0 spiro atoms. The molecule has 0 radical (unpaired) electrons. The maximum atomic E-state index is 2.38. The summed E-state index contributed by atoms with van der Waals surface area (Å²) in [4.78, 5) is 0. The molecule has 0 aromatic heterocycles. The van der Waals surface area contributed by atoms with E-state index in [1.807, 2.05) is 0 Å². The summed E-state index contributed by atoms with van der Waals surface area (Å²) in [7, 11) is 0. The van der Waals surface area contributed by atoms with E-state index in [4.69, 9.17) is 0 Å². The summed E-state index contributed by atoms with van der Waals surface area (Å²) < 4.78 is 0. The average Bonchev–Trinajstić information content (AvgIpc) is 3.08. The van der Waals surface area contributed by atoms with Crippen LogP contribution in [0, 0.1) is 36.5 Å². The normalized spacial score (nSPS) is 31.9. The van der Waals surface area contributed by atoms with Gasteiger partial charge in [-0.2, -0.15) is 0 Å². The van der Waals surface area contributed by atoms with Gasteiger partial charge in [0.25, 0.3) is 0 Å². The van der Waals surface area contributed by atoms with Gasteiger partial charge < -0.3 is 34.0 Å². The van der Waals surface area contributed by atoms with E-state index in [-0.39, 0.29) is 60.2 Å². The van der Waals surface area contributed by atoms with Gasteiger partial charge in [-0.05, 0) is 23.7 Å². The largest absolute Gasteiger partial charge is 4.00 e. The molecule has 23 heavy (non-hydrogen) atoms. The SMILES string of the molecule is CC1C=CC=C2[CH-]CCC21.CC1C=CC=C2[CH-]CCC21.[Br-].[Br-].[Zr+4]. The first-order valence-corrected chi connectivity index (χ1v) is 8.19. The summed E-state index contributed by atoms with van der Waals surface area (Å²) in [6, 6.07) is 0. The van der Waals surface area contributed by atoms with Gasteiger partial charge in [-0.1, -0.05) is 38.8 Å². The van der Waals surface area contributed by atoms with Gasteiger partial charge in [-0.15, -0.1) is 25.0 Å². The van der Waals surface area contributed by atoms with E-state index in [0.29, 0.717) is 0 Å². The number of hydrogen-bond donors (Lipinski definition) is 0. The molecule has 4 atom stereocenters. The van der Waals surface area contributed by atoms with Crippen molar-refractivity contribution in [2.24, 2.45) is 23.7 Å². The van der Waals surface area contributed by atoms with Crippen LogP contribution >= 0.6 is 0 Å². The molecule has 4 aliphatic carbocycles. The van der Waals surface area contributed by atoms with Gasteiger partial charge in [0.2, 0.25) is 0 Å². The molecule has 4 rings (SSSR count). The minimum Gasteiger partial charge on any atom is -1.00 e. The van der Waals surface area contributed by atoms with Crippen LogP contribution in [-0.2, 0) is 26.2 Å². The molecule has 0 N–H and O–H groups in total. The van der Waals surface area contributed by atoms with Crippen LogP contribution in [0.15, 0.2) is 47.6 Å². The van der Waals surface area contributed by atoms with Gasteiger partial charge in [0.05, 0.1) is 0 Å². The quantitative estimate of drug-likeness (QED) is 0.380. The van der Waals surface area contributed by atoms with E-state index < -0.39 is 0 Å². The summed E-state index contributed by atoms with van der Waals surface area (Å²) in [5.41, 5.74) is 3.16. The Morgan fingerprint density at radius 2 is 1.17 bits per heavy atom. The maximum absolute atomic E-state index is 2.38. The number of hydrogen-bond acceptors (Lipinski definition) is 0. The van der Waals surface area contributed by atoms with E-state index in [1.165, 1.54) is 25.7 Å². The third-order valence-electron chi connectivity index (χ3n) is 5.25. The van der Waals surface area contributed by atoms with Crippen molar-refractivity contribution in [1.82, 2.24) is 0 Å². The predicted molar refractivity (Wildman–Crippen MR) is 86.8 cm³/mol. The van der Waals surface area contributed by atoms with Crippen LogP contribution in [-0.4, -0.2) is 0 Å². The summed E-state index contributed by atoms with van der Waals surface area (Å²) in [6.07, 6.45) is 23.6. The van der Waals surface area contributed by atoms with Gasteiger partial charge in [-0.25, -0.2) is 36.1 Å². The first-order chi connectivity index (χ1) is 9.75. The minimum atomic E-state index is 0. The van der Waals surface area contributed by atoms with Gasteiger partial charge in [-0.3, -0.25) is 0 Å². The van der Waals surface area contributed by atoms with Crippen LogP contribution in [0.3, 0.4) is 0 Å². The van der Waals surface area contributed by atoms with Gasteiger partial charge in [0.15, 0.2) is 0 Å². The second-order valence-corrected chi connectivity index (χ2v) is 6.60. The second kappa shape index (κ2) is 11.2. The molecule has 0 nitrogen and oxygen atoms in total. The van der Waals surface area contributed by atoms with Crippen molar-refractivity contribution in [3.8, 4) is 0 Å². The maximum Gasteiger partial charge on any atom is 4.00 e. The fourth-order valence-corrected chi connectivity index (χ4v) is 3.96. The fourth-order valence-electron chi connectivity index (χ4n) is 3.96. The predicted octanol–water partition coefficient (Wildman–Crippen LogP) is -0.529. The van der Waals surface area contributed by atoms with Crippen molar-refractivity contribution >= 4 is 0 Å². The van der Waals surface area contributed by atoms with Crippen molar-refractivity contribution < 1.29 is 60.2 Å². The molecular weight excluding hydrogens is 491 g/mol. The monoisotopic (exact) mass is 514 g/mol. The summed E-state index contributed by atoms with van der Waals surface area (Å²) >= 11 is 0. The van der Waals surface area contributed by atoms with E-state index >= 15 is 0 Å². The molecule has 0 saturated heterocycles. The molecular formula is C20H26Br2Zr. The summed E-state index contributed by atoms with van der Waals surface area (Å²) in [5.74, 6) is 3.26. The molecule has 0 aliphatic heterocycles. The van der Waals surface area contributed by atoms with Crippen molar-refractivity contribution in [2.45, 2.75) is 39.5 Å². The number of allylic oxidation sites excluding steroid dienone is 8. The van der Waals surface area contributed by atoms with Crippen LogP contribution in [0.25, 0.3) is 0 Å². The van der Waals surface area contributed by atoms with E-state index in [0.717, 1.165) is 23.7 Å². The molecule has 3 heteroatoms. The summed E-state index contributed by atoms with van der Waals surface area (Å²) in [6.45, 7) is 4.63. The summed E-state index contributed by atoms with van der Waals surface area (Å²) in [5, 5.41) is 0. The Labute approximate surface area is 182 Å². The standard InChI is InChI=1S/2C10H13.2BrH.Zr/c2*1-8-4-2-5-9-6-3-7-10(8)9;;;/h2*2,4-6,8,10H,3,7H2,1H3;2*1H;/q2*-1;;;+4/p-2. The van der Waals surface area contributed by atoms with Crippen LogP contribution < -0.4 is 34.0 Å². The third kappa shape index (κ3) is 5.79. The Morgan fingerprint density at radius 1 is 0.783 bits per heavy atom. The van der Waals surface area contributed by atoms with E-state index in [1.54, 1.807) is 11.1 Å². The van der Waals surface area contributed by atoms with Gasteiger partial charge in [0, 0.05) is 0 Å². The Kier molecular flexibility index (Phi) is 11.5.